The Morgan fingerprint density at radius 1 is 1.74 bits per heavy atom. The van der Waals surface area contributed by atoms with E-state index in [2.05, 4.69) is 16.9 Å². The molecule has 7 nitrogen and oxygen atoms in total. The largest absolute Gasteiger partial charge is 0.343 e. The quantitative estimate of drug-likeness (QED) is 0.512. The summed E-state index contributed by atoms with van der Waals surface area (Å²) in [6.45, 7) is 4.02. The van der Waals surface area contributed by atoms with Gasteiger partial charge in [-0.1, -0.05) is 23.8 Å². The Bertz CT molecular complexity index is 576. The fraction of sp³-hybridized carbons (Fsp3) is 0.200. The van der Waals surface area contributed by atoms with E-state index in [0.29, 0.717) is 6.54 Å². The van der Waals surface area contributed by atoms with E-state index >= 15 is 0 Å². The number of nitrogens with zero attached hydrogens (tertiary/aromatic N) is 3. The molecule has 0 fully saturated rings. The van der Waals surface area contributed by atoms with E-state index in [9.17, 15) is 14.9 Å². The Morgan fingerprint density at radius 2 is 2.47 bits per heavy atom. The maximum absolute atomic E-state index is 11.4. The summed E-state index contributed by atoms with van der Waals surface area (Å²) >= 11 is 6.22. The van der Waals surface area contributed by atoms with Crippen LogP contribution in [0.2, 0.25) is 0 Å². The minimum absolute atomic E-state index is 0.0988. The number of hydrogen-bond donors (Lipinski definition) is 1. The molecule has 0 aliphatic heterocycles. The number of carbonyl (C=O) groups excluding carboxylic acids is 1. The Morgan fingerprint density at radius 3 is 3.05 bits per heavy atom. The van der Waals surface area contributed by atoms with Crippen molar-refractivity contribution >= 4 is 34.0 Å². The lowest BCUT2D eigenvalue weighted by atomic mass is 10.6. The molecule has 0 saturated heterocycles. The number of hydrogen-bond acceptors (Lipinski definition) is 4. The number of rotatable bonds is 5. The molecule has 0 unspecified atom stereocenters. The van der Waals surface area contributed by atoms with Gasteiger partial charge in [0.25, 0.3) is 0 Å². The monoisotopic (exact) mass is 302 g/mol. The number of nitro groups is 1. The Hall–Kier alpha value is -1.93. The molecule has 0 aliphatic carbocycles. The van der Waals surface area contributed by atoms with Crippen LogP contribution in [0.4, 0.5) is 9.80 Å². The van der Waals surface area contributed by atoms with Crippen molar-refractivity contribution in [2.24, 2.45) is 4.99 Å². The van der Waals surface area contributed by atoms with Crippen LogP contribution >= 0.6 is 22.9 Å². The highest BCUT2D eigenvalue weighted by atomic mass is 35.5. The predicted octanol–water partition coefficient (Wildman–Crippen LogP) is 2.01. The molecule has 0 radical (unpaired) electrons. The van der Waals surface area contributed by atoms with Gasteiger partial charge in [-0.3, -0.25) is 10.1 Å². The highest BCUT2D eigenvalue weighted by Crippen LogP contribution is 2.14. The number of aromatic nitrogens is 1. The Balaban J connectivity index is 3.08. The topological polar surface area (TPSA) is 89.5 Å². The number of thiazole rings is 1. The molecule has 2 amide bonds. The fourth-order valence-corrected chi connectivity index (χ4v) is 2.00. The smallest absolute Gasteiger partial charge is 0.333 e. The number of carbonyl (C=O) groups is 1. The minimum Gasteiger partial charge on any atom is -0.333 e. The maximum atomic E-state index is 11.4. The van der Waals surface area contributed by atoms with Gasteiger partial charge in [0.05, 0.1) is 11.1 Å². The molecular weight excluding hydrogens is 292 g/mol. The molecule has 1 aromatic heterocycles. The molecule has 102 valence electrons. The number of halogens is 1. The zero-order valence-electron chi connectivity index (χ0n) is 9.78. The molecule has 0 spiro atoms. The van der Waals surface area contributed by atoms with E-state index < -0.39 is 11.0 Å². The zero-order chi connectivity index (χ0) is 14.3. The van der Waals surface area contributed by atoms with E-state index in [1.165, 1.54) is 22.4 Å². The van der Waals surface area contributed by atoms with Crippen LogP contribution in [-0.2, 0) is 6.54 Å². The van der Waals surface area contributed by atoms with Crippen molar-refractivity contribution in [1.82, 2.24) is 9.88 Å². The summed E-state index contributed by atoms with van der Waals surface area (Å²) in [5, 5.41) is 13.1. The van der Waals surface area contributed by atoms with E-state index in [1.807, 2.05) is 0 Å². The summed E-state index contributed by atoms with van der Waals surface area (Å²) in [6, 6.07) is -0.583. The highest BCUT2D eigenvalue weighted by Gasteiger charge is 2.12. The van der Waals surface area contributed by atoms with Crippen molar-refractivity contribution in [3.05, 3.63) is 45.4 Å². The minimum atomic E-state index is -0.583. The highest BCUT2D eigenvalue weighted by molar-refractivity contribution is 7.12. The van der Waals surface area contributed by atoms with E-state index in [4.69, 9.17) is 11.6 Å². The van der Waals surface area contributed by atoms with Gasteiger partial charge in [-0.2, -0.15) is 4.99 Å². The fourth-order valence-electron chi connectivity index (χ4n) is 1.11. The van der Waals surface area contributed by atoms with E-state index in [0.717, 1.165) is 11.3 Å². The summed E-state index contributed by atoms with van der Waals surface area (Å²) in [5.74, 6) is 0. The summed E-state index contributed by atoms with van der Waals surface area (Å²) < 4.78 is 1.47. The lowest BCUT2D eigenvalue weighted by molar-refractivity contribution is -0.380. The van der Waals surface area contributed by atoms with Gasteiger partial charge < -0.3 is 9.88 Å². The van der Waals surface area contributed by atoms with Gasteiger partial charge in [0.2, 0.25) is 4.80 Å². The van der Waals surface area contributed by atoms with Crippen LogP contribution in [0.15, 0.2) is 35.5 Å². The number of allylic oxidation sites excluding steroid dienone is 1. The third kappa shape index (κ3) is 4.68. The van der Waals surface area contributed by atoms with Crippen molar-refractivity contribution in [3.8, 4) is 0 Å². The molecule has 9 heteroatoms. The molecule has 0 saturated carbocycles. The Labute approximate surface area is 117 Å². The van der Waals surface area contributed by atoms with Crippen molar-refractivity contribution in [3.63, 3.8) is 0 Å². The molecule has 1 aromatic rings. The second kappa shape index (κ2) is 7.49. The zero-order valence-corrected chi connectivity index (χ0v) is 11.4. The summed E-state index contributed by atoms with van der Waals surface area (Å²) in [7, 11) is 0. The summed E-state index contributed by atoms with van der Waals surface area (Å²) in [6.07, 6.45) is 4.40. The summed E-state index contributed by atoms with van der Waals surface area (Å²) in [4.78, 5) is 25.6. The molecule has 0 aliphatic rings. The van der Waals surface area contributed by atoms with Gasteiger partial charge in [-0.05, 0) is 11.3 Å². The molecule has 0 aromatic carbocycles. The third-order valence-electron chi connectivity index (χ3n) is 1.87. The molecule has 0 atom stereocenters. The lowest BCUT2D eigenvalue weighted by Crippen LogP contribution is -2.24. The first-order valence-electron chi connectivity index (χ1n) is 5.11. The van der Waals surface area contributed by atoms with Gasteiger partial charge >= 0.3 is 11.0 Å². The lowest BCUT2D eigenvalue weighted by Gasteiger charge is -1.96. The van der Waals surface area contributed by atoms with Crippen LogP contribution in [0.3, 0.4) is 0 Å². The van der Waals surface area contributed by atoms with Crippen LogP contribution in [0, 0.1) is 10.1 Å². The van der Waals surface area contributed by atoms with Gasteiger partial charge in [0, 0.05) is 18.6 Å². The average molecular weight is 303 g/mol. The van der Waals surface area contributed by atoms with Crippen LogP contribution in [0.25, 0.3) is 0 Å². The molecule has 19 heavy (non-hydrogen) atoms. The number of nitrogens with one attached hydrogen (secondary N) is 1. The predicted molar refractivity (Wildman–Crippen MR) is 73.1 cm³/mol. The maximum Gasteiger partial charge on any atom is 0.343 e. The molecule has 1 rings (SSSR count). The van der Waals surface area contributed by atoms with Crippen LogP contribution in [0.5, 0.6) is 0 Å². The molecule has 0 bridgehead atoms. The van der Waals surface area contributed by atoms with Crippen molar-refractivity contribution < 1.29 is 9.72 Å². The van der Waals surface area contributed by atoms with Crippen LogP contribution in [-0.4, -0.2) is 22.1 Å². The van der Waals surface area contributed by atoms with Gasteiger partial charge in [-0.25, -0.2) is 4.79 Å². The van der Waals surface area contributed by atoms with E-state index in [-0.39, 0.29) is 16.3 Å². The molecule has 1 heterocycles. The first-order chi connectivity index (χ1) is 9.08. The van der Waals surface area contributed by atoms with E-state index in [1.54, 1.807) is 6.08 Å². The van der Waals surface area contributed by atoms with Crippen molar-refractivity contribution in [1.29, 1.82) is 0 Å². The average Bonchev–Trinajstić information content (AvgIpc) is 2.77. The summed E-state index contributed by atoms with van der Waals surface area (Å²) in [5.41, 5.74) is 1.29. The normalized spacial score (nSPS) is 11.7. The van der Waals surface area contributed by atoms with Crippen molar-refractivity contribution in [2.45, 2.75) is 6.54 Å². The third-order valence-corrected chi connectivity index (χ3v) is 3.02. The van der Waals surface area contributed by atoms with Gasteiger partial charge in [0.1, 0.15) is 0 Å². The van der Waals surface area contributed by atoms with Crippen LogP contribution in [0.1, 0.15) is 0 Å². The second-order valence-corrected chi connectivity index (χ2v) is 4.45. The number of urea groups is 1. The van der Waals surface area contributed by atoms with Crippen molar-refractivity contribution in [2.75, 3.05) is 6.54 Å². The first kappa shape index (κ1) is 15.1. The van der Waals surface area contributed by atoms with Gasteiger partial charge in [-0.15, -0.1) is 6.58 Å². The second-order valence-electron chi connectivity index (χ2n) is 3.21. The molecular formula is C10H11ClN4O3S. The van der Waals surface area contributed by atoms with Crippen LogP contribution < -0.4 is 10.1 Å². The van der Waals surface area contributed by atoms with Gasteiger partial charge in [0.15, 0.2) is 0 Å². The standard InChI is InChI=1S/C10H11ClN4O3S/c1-2-5-12-9(16)13-10-14(6-3-4-11)7-8(19-10)15(17)18/h2-4,7H,1,5-6H2,(H,12,16)/b4-3+,13-10+. The SMILES string of the molecule is C=CCNC(=O)/N=c1/sc([N+](=O)[O-])cn1C/C=C/Cl. The Kier molecular flexibility index (Phi) is 5.97. The number of amides is 2. The first-order valence-corrected chi connectivity index (χ1v) is 6.37. The molecule has 1 N–H and O–H groups in total.